The van der Waals surface area contributed by atoms with Gasteiger partial charge in [-0.3, -0.25) is 4.79 Å². The third kappa shape index (κ3) is 8.07. The van der Waals surface area contributed by atoms with Gasteiger partial charge in [0.25, 0.3) is 5.91 Å². The Morgan fingerprint density at radius 3 is 2.00 bits per heavy atom. The van der Waals surface area contributed by atoms with Crippen LogP contribution in [0.2, 0.25) is 0 Å². The fourth-order valence-corrected chi connectivity index (χ4v) is 6.66. The van der Waals surface area contributed by atoms with E-state index in [9.17, 15) is 31.9 Å². The second-order valence-corrected chi connectivity index (χ2v) is 12.8. The summed E-state index contributed by atoms with van der Waals surface area (Å²) in [5.74, 6) is -12.5. The normalized spacial score (nSPS) is 20.2. The number of carbonyl (C=O) groups excluding carboxylic acids is 1. The third-order valence-electron chi connectivity index (χ3n) is 9.41. The van der Waals surface area contributed by atoms with Gasteiger partial charge in [0, 0.05) is 25.1 Å². The average molecular weight is 695 g/mol. The molecule has 6 rings (SSSR count). The summed E-state index contributed by atoms with van der Waals surface area (Å²) in [5, 5.41) is 11.8. The number of carbonyl (C=O) groups is 1. The third-order valence-corrected chi connectivity index (χ3v) is 9.41. The largest absolute Gasteiger partial charge is 0.392 e. The number of halogens is 5. The highest BCUT2D eigenvalue weighted by atomic mass is 19.2. The summed E-state index contributed by atoms with van der Waals surface area (Å²) in [6, 6.07) is 22.3. The Morgan fingerprint density at radius 1 is 0.740 bits per heavy atom. The zero-order valence-corrected chi connectivity index (χ0v) is 27.4. The van der Waals surface area contributed by atoms with Crippen LogP contribution in [0, 0.1) is 29.1 Å². The van der Waals surface area contributed by atoms with E-state index in [0.717, 1.165) is 41.9 Å². The van der Waals surface area contributed by atoms with Gasteiger partial charge in [-0.2, -0.15) is 0 Å². The Bertz CT molecular complexity index is 1750. The van der Waals surface area contributed by atoms with Crippen LogP contribution in [0.15, 0.2) is 72.8 Å². The van der Waals surface area contributed by atoms with Crippen LogP contribution in [0.3, 0.4) is 0 Å². The summed E-state index contributed by atoms with van der Waals surface area (Å²) in [6.45, 7) is 2.60. The van der Waals surface area contributed by atoms with Crippen LogP contribution >= 0.6 is 0 Å². The molecule has 2 saturated heterocycles. The standard InChI is InChI=1S/C39H39F5N2O4/c40-33-32(34(41)36(43)37(44)35(33)42)38(48)45-21-28-8-4-5-9-30(28)25-14-16-27(17-15-25)39-49-29(22-46-18-6-2-1-3-7-19-46)20-31(50-39)26-12-10-24(23-47)11-13-26/h4-5,8-17,29,31,39,47H,1-3,6-7,18-23H2,(H,45,48)/t29-,31+,39+/m0/s1. The summed E-state index contributed by atoms with van der Waals surface area (Å²) < 4.78 is 82.4. The molecule has 0 aliphatic carbocycles. The van der Waals surface area contributed by atoms with E-state index >= 15 is 0 Å². The number of benzene rings is 4. The van der Waals surface area contributed by atoms with Crippen LogP contribution in [-0.4, -0.2) is 41.7 Å². The number of nitrogens with zero attached hydrogens (tertiary/aromatic N) is 1. The molecule has 0 saturated carbocycles. The summed E-state index contributed by atoms with van der Waals surface area (Å²) in [5.41, 5.74) is 3.11. The van der Waals surface area contributed by atoms with E-state index in [-0.39, 0.29) is 25.4 Å². The quantitative estimate of drug-likeness (QED) is 0.105. The van der Waals surface area contributed by atoms with Gasteiger partial charge in [0.15, 0.2) is 29.6 Å². The fourth-order valence-electron chi connectivity index (χ4n) is 6.66. The summed E-state index contributed by atoms with van der Waals surface area (Å²) >= 11 is 0. The molecule has 2 fully saturated rings. The first-order valence-electron chi connectivity index (χ1n) is 16.9. The molecule has 2 heterocycles. The molecule has 0 aromatic heterocycles. The number of amides is 1. The van der Waals surface area contributed by atoms with Gasteiger partial charge in [-0.05, 0) is 53.7 Å². The van der Waals surface area contributed by atoms with E-state index < -0.39 is 46.8 Å². The lowest BCUT2D eigenvalue weighted by Gasteiger charge is -2.39. The highest BCUT2D eigenvalue weighted by Gasteiger charge is 2.34. The molecule has 2 aliphatic rings. The van der Waals surface area contributed by atoms with Gasteiger partial charge in [-0.25, -0.2) is 22.0 Å². The molecule has 50 heavy (non-hydrogen) atoms. The molecule has 2 N–H and O–H groups in total. The van der Waals surface area contributed by atoms with Gasteiger partial charge >= 0.3 is 0 Å². The maximum Gasteiger partial charge on any atom is 0.257 e. The van der Waals surface area contributed by atoms with Crippen molar-refractivity contribution in [2.75, 3.05) is 19.6 Å². The van der Waals surface area contributed by atoms with Crippen LogP contribution < -0.4 is 5.32 Å². The second kappa shape index (κ2) is 16.2. The Balaban J connectivity index is 1.19. The number of ether oxygens (including phenoxy) is 2. The lowest BCUT2D eigenvalue weighted by atomic mass is 9.97. The van der Waals surface area contributed by atoms with Crippen LogP contribution in [0.25, 0.3) is 11.1 Å². The van der Waals surface area contributed by atoms with Crippen molar-refractivity contribution in [3.05, 3.63) is 130 Å². The number of aliphatic hydroxyl groups excluding tert-OH is 1. The molecule has 1 amide bonds. The molecule has 11 heteroatoms. The first-order chi connectivity index (χ1) is 24.2. The van der Waals surface area contributed by atoms with E-state index in [2.05, 4.69) is 10.2 Å². The molecular weight excluding hydrogens is 655 g/mol. The fraction of sp³-hybridized carbons (Fsp3) is 0.359. The van der Waals surface area contributed by atoms with Crippen LogP contribution in [-0.2, 0) is 22.6 Å². The van der Waals surface area contributed by atoms with Gasteiger partial charge in [0.05, 0.1) is 18.8 Å². The highest BCUT2D eigenvalue weighted by Crippen LogP contribution is 2.39. The number of hydrogen-bond donors (Lipinski definition) is 2. The van der Waals surface area contributed by atoms with Crippen molar-refractivity contribution in [1.82, 2.24) is 10.2 Å². The van der Waals surface area contributed by atoms with E-state index in [1.165, 1.54) is 32.1 Å². The zero-order valence-electron chi connectivity index (χ0n) is 27.4. The molecule has 6 nitrogen and oxygen atoms in total. The maximum absolute atomic E-state index is 14.2. The van der Waals surface area contributed by atoms with E-state index in [1.807, 2.05) is 48.5 Å². The van der Waals surface area contributed by atoms with Crippen molar-refractivity contribution in [3.63, 3.8) is 0 Å². The Morgan fingerprint density at radius 2 is 1.34 bits per heavy atom. The molecule has 264 valence electrons. The minimum absolute atomic E-state index is 0.0394. The molecule has 0 radical (unpaired) electrons. The van der Waals surface area contributed by atoms with Crippen molar-refractivity contribution >= 4 is 5.91 Å². The maximum atomic E-state index is 14.2. The van der Waals surface area contributed by atoms with Gasteiger partial charge in [-0.1, -0.05) is 92.1 Å². The molecule has 0 bridgehead atoms. The molecule has 0 unspecified atom stereocenters. The molecule has 4 aromatic rings. The number of aliphatic hydroxyl groups is 1. The monoisotopic (exact) mass is 694 g/mol. The highest BCUT2D eigenvalue weighted by molar-refractivity contribution is 5.95. The Kier molecular flexibility index (Phi) is 11.6. The molecule has 4 aromatic carbocycles. The molecule has 2 aliphatic heterocycles. The minimum Gasteiger partial charge on any atom is -0.392 e. The summed E-state index contributed by atoms with van der Waals surface area (Å²) in [7, 11) is 0. The van der Waals surface area contributed by atoms with Crippen molar-refractivity contribution < 1.29 is 41.3 Å². The van der Waals surface area contributed by atoms with Crippen molar-refractivity contribution in [3.8, 4) is 11.1 Å². The van der Waals surface area contributed by atoms with Gasteiger partial charge in [0.1, 0.15) is 5.56 Å². The smallest absolute Gasteiger partial charge is 0.257 e. The van der Waals surface area contributed by atoms with Gasteiger partial charge in [-0.15, -0.1) is 0 Å². The average Bonchev–Trinajstić information content (AvgIpc) is 3.13. The number of nitrogens with one attached hydrogen (secondary N) is 1. The van der Waals surface area contributed by atoms with Crippen molar-refractivity contribution in [1.29, 1.82) is 0 Å². The number of rotatable bonds is 9. The van der Waals surface area contributed by atoms with Crippen LogP contribution in [0.1, 0.15) is 83.5 Å². The zero-order chi connectivity index (χ0) is 35.2. The van der Waals surface area contributed by atoms with E-state index in [0.29, 0.717) is 17.5 Å². The molecule has 3 atom stereocenters. The predicted octanol–water partition coefficient (Wildman–Crippen LogP) is 8.28. The Labute approximate surface area is 287 Å². The lowest BCUT2D eigenvalue weighted by Crippen LogP contribution is -2.40. The predicted molar refractivity (Wildman–Crippen MR) is 177 cm³/mol. The van der Waals surface area contributed by atoms with Gasteiger partial charge in [0.2, 0.25) is 5.82 Å². The minimum atomic E-state index is -2.33. The second-order valence-electron chi connectivity index (χ2n) is 12.8. The molecular formula is C39H39F5N2O4. The number of hydrogen-bond acceptors (Lipinski definition) is 5. The first-order valence-corrected chi connectivity index (χ1v) is 16.9. The van der Waals surface area contributed by atoms with Gasteiger partial charge < -0.3 is 24.8 Å². The van der Waals surface area contributed by atoms with E-state index in [4.69, 9.17) is 9.47 Å². The molecule has 0 spiro atoms. The summed E-state index contributed by atoms with van der Waals surface area (Å²) in [4.78, 5) is 15.1. The van der Waals surface area contributed by atoms with Crippen LogP contribution in [0.5, 0.6) is 0 Å². The van der Waals surface area contributed by atoms with Crippen LogP contribution in [0.4, 0.5) is 22.0 Å². The number of likely N-dealkylation sites (tertiary alicyclic amines) is 1. The topological polar surface area (TPSA) is 71.0 Å². The first kappa shape index (κ1) is 35.7. The van der Waals surface area contributed by atoms with E-state index in [1.54, 1.807) is 24.3 Å². The summed E-state index contributed by atoms with van der Waals surface area (Å²) in [6.07, 6.45) is 5.85. The Hall–Kier alpha value is -4.16. The SMILES string of the molecule is O=C(NCc1ccccc1-c1ccc([C@@H]2O[C@H](CN3CCCCCCC3)C[C@H](c3ccc(CO)cc3)O2)cc1)c1c(F)c(F)c(F)c(F)c1F. The van der Waals surface area contributed by atoms with Crippen molar-refractivity contribution in [2.45, 2.75) is 70.2 Å². The lowest BCUT2D eigenvalue weighted by molar-refractivity contribution is -0.253. The van der Waals surface area contributed by atoms with Crippen molar-refractivity contribution in [2.24, 2.45) is 0 Å².